The summed E-state index contributed by atoms with van der Waals surface area (Å²) in [6.07, 6.45) is 8.06. The second kappa shape index (κ2) is 5.37. The van der Waals surface area contributed by atoms with Crippen molar-refractivity contribution in [2.75, 3.05) is 20.1 Å². The number of likely N-dealkylation sites (tertiary alicyclic amines) is 1. The molecule has 0 bridgehead atoms. The first kappa shape index (κ1) is 12.7. The Labute approximate surface area is 114 Å². The molecule has 1 saturated heterocycles. The van der Waals surface area contributed by atoms with Crippen LogP contribution in [0.5, 0.6) is 0 Å². The Hall–Kier alpha value is -1.29. The van der Waals surface area contributed by atoms with Crippen LogP contribution in [0.25, 0.3) is 0 Å². The zero-order valence-electron chi connectivity index (χ0n) is 11.6. The van der Waals surface area contributed by atoms with E-state index in [1.807, 2.05) is 24.1 Å². The van der Waals surface area contributed by atoms with Gasteiger partial charge >= 0.3 is 0 Å². The molecule has 0 spiro atoms. The lowest BCUT2D eigenvalue weighted by Gasteiger charge is -2.34. The van der Waals surface area contributed by atoms with Crippen molar-refractivity contribution in [3.63, 3.8) is 0 Å². The maximum atomic E-state index is 12.7. The summed E-state index contributed by atoms with van der Waals surface area (Å²) in [5.74, 6) is 0.205. The van der Waals surface area contributed by atoms with Gasteiger partial charge in [-0.25, -0.2) is 0 Å². The zero-order valence-corrected chi connectivity index (χ0v) is 11.6. The second-order valence-corrected chi connectivity index (χ2v) is 5.76. The molecule has 1 amide bonds. The monoisotopic (exact) mass is 261 g/mol. The molecule has 4 nitrogen and oxygen atoms in total. The Morgan fingerprint density at radius 3 is 2.84 bits per heavy atom. The van der Waals surface area contributed by atoms with E-state index in [0.717, 1.165) is 25.2 Å². The number of amides is 1. The van der Waals surface area contributed by atoms with E-state index in [1.54, 1.807) is 0 Å². The number of nitrogens with zero attached hydrogens (tertiary/aromatic N) is 2. The molecule has 1 aromatic heterocycles. The highest BCUT2D eigenvalue weighted by Crippen LogP contribution is 2.33. The minimum atomic E-state index is 0.205. The molecule has 0 aromatic carbocycles. The van der Waals surface area contributed by atoms with Gasteiger partial charge in [0.25, 0.3) is 5.91 Å². The Morgan fingerprint density at radius 1 is 1.32 bits per heavy atom. The molecule has 4 heteroatoms. The molecule has 1 saturated carbocycles. The number of hydrogen-bond acceptors (Lipinski definition) is 2. The summed E-state index contributed by atoms with van der Waals surface area (Å²) in [5.41, 5.74) is 0.876. The van der Waals surface area contributed by atoms with Crippen molar-refractivity contribution in [1.82, 2.24) is 14.8 Å². The van der Waals surface area contributed by atoms with Crippen molar-refractivity contribution in [2.45, 2.75) is 44.2 Å². The number of carbonyl (C=O) groups is 1. The maximum absolute atomic E-state index is 12.7. The maximum Gasteiger partial charge on any atom is 0.270 e. The number of piperidine rings is 1. The molecule has 1 unspecified atom stereocenters. The Bertz CT molecular complexity index is 450. The number of aromatic nitrogens is 1. The molecule has 2 fully saturated rings. The first-order valence-electron chi connectivity index (χ1n) is 7.43. The van der Waals surface area contributed by atoms with Crippen LogP contribution < -0.4 is 5.32 Å². The summed E-state index contributed by atoms with van der Waals surface area (Å²) in [5, 5.41) is 3.29. The summed E-state index contributed by atoms with van der Waals surface area (Å²) in [6.45, 7) is 1.73. The lowest BCUT2D eigenvalue weighted by Crippen LogP contribution is -2.47. The molecular formula is C15H23N3O. The van der Waals surface area contributed by atoms with Gasteiger partial charge in [-0.15, -0.1) is 0 Å². The van der Waals surface area contributed by atoms with Crippen LogP contribution in [0.15, 0.2) is 18.3 Å². The SMILES string of the molecule is CNC1CCCN(C(=O)c2cccn2C2CCC2)C1. The number of nitrogens with one attached hydrogen (secondary N) is 1. The van der Waals surface area contributed by atoms with Gasteiger partial charge in [0.2, 0.25) is 0 Å². The van der Waals surface area contributed by atoms with E-state index in [4.69, 9.17) is 0 Å². The van der Waals surface area contributed by atoms with Crippen LogP contribution in [0.4, 0.5) is 0 Å². The smallest absolute Gasteiger partial charge is 0.270 e. The van der Waals surface area contributed by atoms with Gasteiger partial charge in [-0.1, -0.05) is 0 Å². The Kier molecular flexibility index (Phi) is 3.60. The largest absolute Gasteiger partial charge is 0.340 e. The predicted molar refractivity (Wildman–Crippen MR) is 75.3 cm³/mol. The predicted octanol–water partition coefficient (Wildman–Crippen LogP) is 2.04. The standard InChI is InChI=1S/C15H23N3O/c1-16-12-5-3-9-17(11-12)15(19)14-8-4-10-18(14)13-6-2-7-13/h4,8,10,12-13,16H,2-3,5-7,9,11H2,1H3. The summed E-state index contributed by atoms with van der Waals surface area (Å²) in [6, 6.07) is 4.98. The van der Waals surface area contributed by atoms with E-state index in [2.05, 4.69) is 16.1 Å². The van der Waals surface area contributed by atoms with E-state index >= 15 is 0 Å². The van der Waals surface area contributed by atoms with Crippen LogP contribution in [0, 0.1) is 0 Å². The molecule has 1 aliphatic heterocycles. The molecule has 104 valence electrons. The average Bonchev–Trinajstić information content (AvgIpc) is 2.85. The second-order valence-electron chi connectivity index (χ2n) is 5.76. The molecule has 1 atom stereocenters. The minimum absolute atomic E-state index is 0.205. The number of rotatable bonds is 3. The quantitative estimate of drug-likeness (QED) is 0.904. The fourth-order valence-electron chi connectivity index (χ4n) is 3.12. The van der Waals surface area contributed by atoms with Gasteiger partial charge in [0.05, 0.1) is 0 Å². The highest BCUT2D eigenvalue weighted by molar-refractivity contribution is 5.93. The Balaban J connectivity index is 1.74. The lowest BCUT2D eigenvalue weighted by molar-refractivity contribution is 0.0681. The Morgan fingerprint density at radius 2 is 2.16 bits per heavy atom. The summed E-state index contributed by atoms with van der Waals surface area (Å²) in [4.78, 5) is 14.7. The minimum Gasteiger partial charge on any atom is -0.340 e. The summed E-state index contributed by atoms with van der Waals surface area (Å²) in [7, 11) is 1.98. The van der Waals surface area contributed by atoms with E-state index in [0.29, 0.717) is 12.1 Å². The third kappa shape index (κ3) is 2.41. The van der Waals surface area contributed by atoms with Gasteiger partial charge in [-0.05, 0) is 51.3 Å². The van der Waals surface area contributed by atoms with Crippen molar-refractivity contribution in [3.05, 3.63) is 24.0 Å². The van der Waals surface area contributed by atoms with E-state index in [1.165, 1.54) is 25.7 Å². The van der Waals surface area contributed by atoms with Crippen LogP contribution in [-0.4, -0.2) is 41.6 Å². The van der Waals surface area contributed by atoms with Gasteiger partial charge in [-0.2, -0.15) is 0 Å². The van der Waals surface area contributed by atoms with Gasteiger partial charge in [-0.3, -0.25) is 4.79 Å². The summed E-state index contributed by atoms with van der Waals surface area (Å²) < 4.78 is 2.19. The van der Waals surface area contributed by atoms with Gasteiger partial charge in [0.1, 0.15) is 5.69 Å². The molecule has 0 radical (unpaired) electrons. The van der Waals surface area contributed by atoms with Crippen molar-refractivity contribution in [1.29, 1.82) is 0 Å². The first-order valence-corrected chi connectivity index (χ1v) is 7.43. The fourth-order valence-corrected chi connectivity index (χ4v) is 3.12. The van der Waals surface area contributed by atoms with Gasteiger partial charge in [0, 0.05) is 31.4 Å². The fraction of sp³-hybridized carbons (Fsp3) is 0.667. The van der Waals surface area contributed by atoms with Crippen LogP contribution in [0.2, 0.25) is 0 Å². The van der Waals surface area contributed by atoms with Crippen molar-refractivity contribution < 1.29 is 4.79 Å². The number of hydrogen-bond donors (Lipinski definition) is 1. The van der Waals surface area contributed by atoms with Gasteiger partial charge < -0.3 is 14.8 Å². The molecule has 3 rings (SSSR count). The van der Waals surface area contributed by atoms with Crippen LogP contribution in [0.1, 0.15) is 48.6 Å². The number of carbonyl (C=O) groups excluding carboxylic acids is 1. The summed E-state index contributed by atoms with van der Waals surface area (Å²) >= 11 is 0. The number of likely N-dealkylation sites (N-methyl/N-ethyl adjacent to an activating group) is 1. The lowest BCUT2D eigenvalue weighted by atomic mass is 9.92. The van der Waals surface area contributed by atoms with Crippen molar-refractivity contribution in [2.24, 2.45) is 0 Å². The van der Waals surface area contributed by atoms with E-state index in [-0.39, 0.29) is 5.91 Å². The zero-order chi connectivity index (χ0) is 13.2. The van der Waals surface area contributed by atoms with Crippen LogP contribution >= 0.6 is 0 Å². The molecule has 19 heavy (non-hydrogen) atoms. The molecule has 2 heterocycles. The van der Waals surface area contributed by atoms with E-state index in [9.17, 15) is 4.79 Å². The van der Waals surface area contributed by atoms with Crippen molar-refractivity contribution >= 4 is 5.91 Å². The topological polar surface area (TPSA) is 37.3 Å². The van der Waals surface area contributed by atoms with Crippen LogP contribution in [0.3, 0.4) is 0 Å². The first-order chi connectivity index (χ1) is 9.29. The molecular weight excluding hydrogens is 238 g/mol. The normalized spacial score (nSPS) is 24.3. The third-order valence-corrected chi connectivity index (χ3v) is 4.58. The van der Waals surface area contributed by atoms with Gasteiger partial charge in [0.15, 0.2) is 0 Å². The molecule has 1 N–H and O–H groups in total. The molecule has 2 aliphatic rings. The average molecular weight is 261 g/mol. The highest BCUT2D eigenvalue weighted by atomic mass is 16.2. The third-order valence-electron chi connectivity index (χ3n) is 4.58. The molecule has 1 aromatic rings. The van der Waals surface area contributed by atoms with Crippen molar-refractivity contribution in [3.8, 4) is 0 Å². The molecule has 1 aliphatic carbocycles. The highest BCUT2D eigenvalue weighted by Gasteiger charge is 2.28. The van der Waals surface area contributed by atoms with E-state index < -0.39 is 0 Å². The van der Waals surface area contributed by atoms with Crippen LogP contribution in [-0.2, 0) is 0 Å².